The fourth-order valence-corrected chi connectivity index (χ4v) is 4.21. The standard InChI is InChI=1S/C15H18N2O4S/c1-21-14(18)15(8-3-2-4-9-15)17-22(19,20)13-7-5-6-12(10-13)11-16/h5-7,10,17H,2-4,8-9H2,1H3. The molecule has 6 nitrogen and oxygen atoms in total. The number of hydrogen-bond acceptors (Lipinski definition) is 5. The van der Waals surface area contributed by atoms with Crippen LogP contribution in [0.25, 0.3) is 0 Å². The molecule has 2 rings (SSSR count). The first-order chi connectivity index (χ1) is 10.4. The number of nitrogens with zero attached hydrogens (tertiary/aromatic N) is 1. The van der Waals surface area contributed by atoms with Gasteiger partial charge in [-0.3, -0.25) is 4.79 Å². The first kappa shape index (κ1) is 16.5. The number of carbonyl (C=O) groups is 1. The van der Waals surface area contributed by atoms with Crippen molar-refractivity contribution in [2.45, 2.75) is 42.5 Å². The minimum atomic E-state index is -3.91. The predicted molar refractivity (Wildman–Crippen MR) is 79.3 cm³/mol. The van der Waals surface area contributed by atoms with E-state index in [0.29, 0.717) is 12.8 Å². The minimum Gasteiger partial charge on any atom is -0.468 e. The SMILES string of the molecule is COC(=O)C1(NS(=O)(=O)c2cccc(C#N)c2)CCCCC1. The molecule has 1 fully saturated rings. The number of carbonyl (C=O) groups excluding carboxylic acids is 1. The molecular weight excluding hydrogens is 304 g/mol. The van der Waals surface area contributed by atoms with Crippen molar-refractivity contribution in [3.05, 3.63) is 29.8 Å². The summed E-state index contributed by atoms with van der Waals surface area (Å²) in [4.78, 5) is 12.1. The summed E-state index contributed by atoms with van der Waals surface area (Å²) in [6, 6.07) is 7.61. The second-order valence-electron chi connectivity index (χ2n) is 5.38. The summed E-state index contributed by atoms with van der Waals surface area (Å²) in [6.45, 7) is 0. The Morgan fingerprint density at radius 2 is 2.00 bits per heavy atom. The molecule has 1 N–H and O–H groups in total. The normalized spacial score (nSPS) is 17.5. The van der Waals surface area contributed by atoms with Crippen LogP contribution in [0.3, 0.4) is 0 Å². The van der Waals surface area contributed by atoms with Gasteiger partial charge in [0.15, 0.2) is 0 Å². The Bertz CT molecular complexity index is 700. The van der Waals surface area contributed by atoms with Crippen molar-refractivity contribution >= 4 is 16.0 Å². The van der Waals surface area contributed by atoms with Crippen LogP contribution in [0, 0.1) is 11.3 Å². The number of hydrogen-bond donors (Lipinski definition) is 1. The molecule has 0 aliphatic heterocycles. The van der Waals surface area contributed by atoms with Gasteiger partial charge in [-0.05, 0) is 31.0 Å². The number of esters is 1. The topological polar surface area (TPSA) is 96.3 Å². The van der Waals surface area contributed by atoms with Crippen molar-refractivity contribution in [1.82, 2.24) is 4.72 Å². The Labute approximate surface area is 130 Å². The molecule has 0 atom stereocenters. The van der Waals surface area contributed by atoms with Crippen LogP contribution in [0.15, 0.2) is 29.2 Å². The van der Waals surface area contributed by atoms with Crippen LogP contribution < -0.4 is 4.72 Å². The second kappa shape index (κ2) is 6.46. The molecule has 1 aromatic rings. The highest BCUT2D eigenvalue weighted by Gasteiger charge is 2.44. The molecule has 1 aliphatic carbocycles. The van der Waals surface area contributed by atoms with Crippen molar-refractivity contribution in [2.75, 3.05) is 7.11 Å². The smallest absolute Gasteiger partial charge is 0.327 e. The Hall–Kier alpha value is -1.91. The van der Waals surface area contributed by atoms with Gasteiger partial charge in [0, 0.05) is 0 Å². The third-order valence-corrected chi connectivity index (χ3v) is 5.42. The Morgan fingerprint density at radius 1 is 1.32 bits per heavy atom. The summed E-state index contributed by atoms with van der Waals surface area (Å²) in [5, 5.41) is 8.89. The van der Waals surface area contributed by atoms with Gasteiger partial charge >= 0.3 is 5.97 Å². The zero-order valence-corrected chi connectivity index (χ0v) is 13.1. The van der Waals surface area contributed by atoms with E-state index in [1.54, 1.807) is 0 Å². The molecule has 0 bridgehead atoms. The highest BCUT2D eigenvalue weighted by atomic mass is 32.2. The highest BCUT2D eigenvalue weighted by Crippen LogP contribution is 2.31. The quantitative estimate of drug-likeness (QED) is 0.851. The van der Waals surface area contributed by atoms with E-state index in [1.807, 2.05) is 6.07 Å². The molecule has 118 valence electrons. The van der Waals surface area contributed by atoms with E-state index in [-0.39, 0.29) is 10.5 Å². The molecule has 0 radical (unpaired) electrons. The van der Waals surface area contributed by atoms with E-state index in [1.165, 1.54) is 31.4 Å². The van der Waals surface area contributed by atoms with Crippen molar-refractivity contribution in [1.29, 1.82) is 5.26 Å². The lowest BCUT2D eigenvalue weighted by Gasteiger charge is -2.34. The Kier molecular flexibility index (Phi) is 4.84. The average Bonchev–Trinajstić information content (AvgIpc) is 2.54. The lowest BCUT2D eigenvalue weighted by atomic mass is 9.83. The maximum atomic E-state index is 12.6. The second-order valence-corrected chi connectivity index (χ2v) is 7.06. The van der Waals surface area contributed by atoms with Crippen molar-refractivity contribution in [2.24, 2.45) is 0 Å². The van der Waals surface area contributed by atoms with Crippen molar-refractivity contribution < 1.29 is 17.9 Å². The van der Waals surface area contributed by atoms with Gasteiger partial charge < -0.3 is 4.74 Å². The average molecular weight is 322 g/mol. The maximum Gasteiger partial charge on any atom is 0.327 e. The van der Waals surface area contributed by atoms with E-state index >= 15 is 0 Å². The van der Waals surface area contributed by atoms with Crippen LogP contribution in [0.4, 0.5) is 0 Å². The fourth-order valence-electron chi connectivity index (χ4n) is 2.75. The molecule has 1 aromatic carbocycles. The molecule has 0 aromatic heterocycles. The zero-order chi connectivity index (χ0) is 16.2. The maximum absolute atomic E-state index is 12.6. The van der Waals surface area contributed by atoms with Gasteiger partial charge in [0.2, 0.25) is 10.0 Å². The number of ether oxygens (including phenoxy) is 1. The van der Waals surface area contributed by atoms with Gasteiger partial charge in [-0.15, -0.1) is 0 Å². The summed E-state index contributed by atoms with van der Waals surface area (Å²) in [5.41, 5.74) is -0.965. The van der Waals surface area contributed by atoms with Crippen molar-refractivity contribution in [3.8, 4) is 6.07 Å². The zero-order valence-electron chi connectivity index (χ0n) is 12.3. The number of rotatable bonds is 4. The number of methoxy groups -OCH3 is 1. The van der Waals surface area contributed by atoms with Crippen LogP contribution in [0.2, 0.25) is 0 Å². The van der Waals surface area contributed by atoms with Crippen LogP contribution in [0.1, 0.15) is 37.7 Å². The van der Waals surface area contributed by atoms with E-state index < -0.39 is 21.5 Å². The fraction of sp³-hybridized carbons (Fsp3) is 0.467. The molecule has 7 heteroatoms. The molecular formula is C15H18N2O4S. The van der Waals surface area contributed by atoms with Gasteiger partial charge in [-0.1, -0.05) is 25.3 Å². The first-order valence-corrected chi connectivity index (χ1v) is 8.54. The Morgan fingerprint density at radius 3 is 2.59 bits per heavy atom. The van der Waals surface area contributed by atoms with Gasteiger partial charge in [-0.2, -0.15) is 9.98 Å². The molecule has 1 aliphatic rings. The number of nitriles is 1. The van der Waals surface area contributed by atoms with Crippen LogP contribution >= 0.6 is 0 Å². The summed E-state index contributed by atoms with van der Waals surface area (Å²) in [5.74, 6) is -0.563. The molecule has 1 saturated carbocycles. The van der Waals surface area contributed by atoms with E-state index in [4.69, 9.17) is 10.00 Å². The largest absolute Gasteiger partial charge is 0.468 e. The summed E-state index contributed by atoms with van der Waals surface area (Å²) in [6.07, 6.45) is 3.31. The molecule has 0 heterocycles. The molecule has 0 unspecified atom stereocenters. The molecule has 22 heavy (non-hydrogen) atoms. The lowest BCUT2D eigenvalue weighted by molar-refractivity contribution is -0.149. The lowest BCUT2D eigenvalue weighted by Crippen LogP contribution is -2.55. The highest BCUT2D eigenvalue weighted by molar-refractivity contribution is 7.89. The third-order valence-electron chi connectivity index (χ3n) is 3.89. The number of benzene rings is 1. The minimum absolute atomic E-state index is 0.0274. The number of sulfonamides is 1. The Balaban J connectivity index is 2.36. The summed E-state index contributed by atoms with van der Waals surface area (Å²) < 4.78 is 32.4. The van der Waals surface area contributed by atoms with E-state index in [2.05, 4.69) is 4.72 Å². The third kappa shape index (κ3) is 3.29. The first-order valence-electron chi connectivity index (χ1n) is 7.06. The van der Waals surface area contributed by atoms with E-state index in [0.717, 1.165) is 19.3 Å². The molecule has 0 amide bonds. The van der Waals surface area contributed by atoms with E-state index in [9.17, 15) is 13.2 Å². The molecule has 0 spiro atoms. The van der Waals surface area contributed by atoms with Crippen LogP contribution in [-0.2, 0) is 19.6 Å². The van der Waals surface area contributed by atoms with Crippen LogP contribution in [0.5, 0.6) is 0 Å². The monoisotopic (exact) mass is 322 g/mol. The molecule has 0 saturated heterocycles. The summed E-state index contributed by atoms with van der Waals surface area (Å²) in [7, 11) is -2.65. The number of nitrogens with one attached hydrogen (secondary N) is 1. The van der Waals surface area contributed by atoms with Gasteiger partial charge in [0.25, 0.3) is 0 Å². The summed E-state index contributed by atoms with van der Waals surface area (Å²) >= 11 is 0. The van der Waals surface area contributed by atoms with Crippen molar-refractivity contribution in [3.63, 3.8) is 0 Å². The predicted octanol–water partition coefficient (Wildman–Crippen LogP) is 1.71. The van der Waals surface area contributed by atoms with Gasteiger partial charge in [0.05, 0.1) is 23.6 Å². The van der Waals surface area contributed by atoms with Crippen LogP contribution in [-0.4, -0.2) is 27.0 Å². The van der Waals surface area contributed by atoms with Gasteiger partial charge in [-0.25, -0.2) is 8.42 Å². The van der Waals surface area contributed by atoms with Gasteiger partial charge in [0.1, 0.15) is 5.54 Å².